The molecule has 10 heteroatoms. The number of nitrogens with zero attached hydrogens (tertiary/aromatic N) is 2. The van der Waals surface area contributed by atoms with Crippen LogP contribution in [0.2, 0.25) is 0 Å². The molecule has 0 fully saturated rings. The molecule has 1 aromatic heterocycles. The molecule has 2 unspecified atom stereocenters. The van der Waals surface area contributed by atoms with E-state index in [0.717, 1.165) is 11.9 Å². The second kappa shape index (κ2) is 8.76. The molecule has 134 valence electrons. The smallest absolute Gasteiger partial charge is 0.407 e. The molecular formula is C15H18N4O6. The quantitative estimate of drug-likeness (QED) is 0.410. The molecular weight excluding hydrogens is 332 g/mol. The molecule has 0 bridgehead atoms. The van der Waals surface area contributed by atoms with E-state index in [1.807, 2.05) is 30.3 Å². The van der Waals surface area contributed by atoms with Crippen molar-refractivity contribution in [2.24, 2.45) is 0 Å². The Balaban J connectivity index is 1.74. The molecule has 4 N–H and O–H groups in total. The zero-order valence-electron chi connectivity index (χ0n) is 13.2. The lowest BCUT2D eigenvalue weighted by Crippen LogP contribution is -2.30. The fraction of sp³-hybridized carbons (Fsp3) is 0.333. The van der Waals surface area contributed by atoms with E-state index in [2.05, 4.69) is 15.3 Å². The first kappa shape index (κ1) is 18.4. The van der Waals surface area contributed by atoms with E-state index in [-0.39, 0.29) is 25.3 Å². The molecule has 0 radical (unpaired) electrons. The summed E-state index contributed by atoms with van der Waals surface area (Å²) in [4.78, 5) is 27.5. The van der Waals surface area contributed by atoms with Gasteiger partial charge in [0.25, 0.3) is 0 Å². The monoisotopic (exact) mass is 350 g/mol. The van der Waals surface area contributed by atoms with E-state index >= 15 is 0 Å². The molecule has 0 aliphatic heterocycles. The van der Waals surface area contributed by atoms with Gasteiger partial charge >= 0.3 is 11.9 Å². The van der Waals surface area contributed by atoms with Gasteiger partial charge in [0, 0.05) is 6.54 Å². The standard InChI is InChI=1S/C15H18N4O6/c20-11(13(21)12-14(19(23)24)18-9-17-12)6-7-16-15(22)25-8-10-4-2-1-3-5-10/h1-5,9,11,13,20-21H,6-8H2,(H,16,22)(H,17,18). The van der Waals surface area contributed by atoms with Crippen LogP contribution in [0.5, 0.6) is 0 Å². The Labute approximate surface area is 142 Å². The minimum atomic E-state index is -1.55. The van der Waals surface area contributed by atoms with Crippen LogP contribution >= 0.6 is 0 Å². The second-order valence-corrected chi connectivity index (χ2v) is 5.18. The van der Waals surface area contributed by atoms with Gasteiger partial charge in [0.1, 0.15) is 12.7 Å². The van der Waals surface area contributed by atoms with Gasteiger partial charge in [-0.3, -0.25) is 0 Å². The number of aliphatic hydroxyl groups is 2. The molecule has 0 saturated heterocycles. The Morgan fingerprint density at radius 3 is 2.76 bits per heavy atom. The van der Waals surface area contributed by atoms with Crippen molar-refractivity contribution in [3.05, 3.63) is 58.0 Å². The highest BCUT2D eigenvalue weighted by molar-refractivity contribution is 5.67. The number of aliphatic hydroxyl groups excluding tert-OH is 2. The summed E-state index contributed by atoms with van der Waals surface area (Å²) < 4.78 is 4.99. The number of aromatic nitrogens is 2. The van der Waals surface area contributed by atoms with Gasteiger partial charge in [0.2, 0.25) is 0 Å². The number of alkyl carbamates (subject to hydrolysis) is 1. The van der Waals surface area contributed by atoms with Crippen LogP contribution in [-0.4, -0.2) is 43.8 Å². The largest absolute Gasteiger partial charge is 0.445 e. The van der Waals surface area contributed by atoms with Crippen molar-refractivity contribution in [2.45, 2.75) is 25.2 Å². The van der Waals surface area contributed by atoms with Crippen LogP contribution < -0.4 is 5.32 Å². The maximum absolute atomic E-state index is 11.6. The molecule has 0 aliphatic rings. The number of rotatable bonds is 8. The minimum absolute atomic E-state index is 0.0179. The summed E-state index contributed by atoms with van der Waals surface area (Å²) in [6, 6.07) is 9.11. The number of nitro groups is 1. The number of carbonyl (C=O) groups excluding carboxylic acids is 1. The van der Waals surface area contributed by atoms with Gasteiger partial charge < -0.3 is 30.4 Å². The van der Waals surface area contributed by atoms with Crippen LogP contribution in [0.4, 0.5) is 10.6 Å². The number of hydrogen-bond donors (Lipinski definition) is 4. The van der Waals surface area contributed by atoms with E-state index in [1.165, 1.54) is 0 Å². The highest BCUT2D eigenvalue weighted by Crippen LogP contribution is 2.24. The number of benzene rings is 1. The summed E-state index contributed by atoms with van der Waals surface area (Å²) in [7, 11) is 0. The van der Waals surface area contributed by atoms with Crippen LogP contribution in [0.15, 0.2) is 36.7 Å². The normalized spacial score (nSPS) is 13.0. The van der Waals surface area contributed by atoms with Gasteiger partial charge in [-0.1, -0.05) is 30.3 Å². The molecule has 25 heavy (non-hydrogen) atoms. The van der Waals surface area contributed by atoms with Crippen molar-refractivity contribution < 1.29 is 24.7 Å². The molecule has 2 atom stereocenters. The lowest BCUT2D eigenvalue weighted by atomic mass is 10.1. The number of aromatic amines is 1. The Hall–Kier alpha value is -2.98. The first-order chi connectivity index (χ1) is 12.0. The third-order valence-electron chi connectivity index (χ3n) is 3.40. The Bertz CT molecular complexity index is 705. The zero-order valence-corrected chi connectivity index (χ0v) is 13.2. The average molecular weight is 350 g/mol. The maximum Gasteiger partial charge on any atom is 0.407 e. The Kier molecular flexibility index (Phi) is 6.43. The highest BCUT2D eigenvalue weighted by atomic mass is 16.6. The number of nitrogens with one attached hydrogen (secondary N) is 2. The first-order valence-corrected chi connectivity index (χ1v) is 7.47. The maximum atomic E-state index is 11.6. The van der Waals surface area contributed by atoms with E-state index in [4.69, 9.17) is 4.74 Å². The van der Waals surface area contributed by atoms with Crippen molar-refractivity contribution in [3.8, 4) is 0 Å². The van der Waals surface area contributed by atoms with Crippen molar-refractivity contribution in [1.29, 1.82) is 0 Å². The van der Waals surface area contributed by atoms with E-state index < -0.39 is 29.0 Å². The first-order valence-electron chi connectivity index (χ1n) is 7.47. The molecule has 1 heterocycles. The van der Waals surface area contributed by atoms with Crippen molar-refractivity contribution >= 4 is 11.9 Å². The number of H-pyrrole nitrogens is 1. The van der Waals surface area contributed by atoms with E-state index in [0.29, 0.717) is 0 Å². The fourth-order valence-corrected chi connectivity index (χ4v) is 2.10. The summed E-state index contributed by atoms with van der Waals surface area (Å²) >= 11 is 0. The number of hydrogen-bond acceptors (Lipinski definition) is 7. The Morgan fingerprint density at radius 2 is 2.08 bits per heavy atom. The van der Waals surface area contributed by atoms with Gasteiger partial charge in [-0.05, 0) is 16.9 Å². The van der Waals surface area contributed by atoms with Gasteiger partial charge in [-0.25, -0.2) is 14.8 Å². The molecule has 10 nitrogen and oxygen atoms in total. The van der Waals surface area contributed by atoms with Gasteiger partial charge in [-0.15, -0.1) is 0 Å². The summed E-state index contributed by atoms with van der Waals surface area (Å²) in [5, 5.41) is 33.0. The lowest BCUT2D eigenvalue weighted by molar-refractivity contribution is -0.390. The third kappa shape index (κ3) is 5.26. The summed E-state index contributed by atoms with van der Waals surface area (Å²) in [6.45, 7) is 0.126. The lowest BCUT2D eigenvalue weighted by Gasteiger charge is -2.16. The highest BCUT2D eigenvalue weighted by Gasteiger charge is 2.28. The van der Waals surface area contributed by atoms with Gasteiger partial charge in [0.05, 0.1) is 6.10 Å². The molecule has 1 amide bonds. The third-order valence-corrected chi connectivity index (χ3v) is 3.40. The van der Waals surface area contributed by atoms with Gasteiger partial charge in [0.15, 0.2) is 12.0 Å². The van der Waals surface area contributed by atoms with E-state index in [9.17, 15) is 25.1 Å². The number of carbonyl (C=O) groups is 1. The average Bonchev–Trinajstić information content (AvgIpc) is 3.10. The number of imidazole rings is 1. The van der Waals surface area contributed by atoms with Crippen molar-refractivity contribution in [1.82, 2.24) is 15.3 Å². The summed E-state index contributed by atoms with van der Waals surface area (Å²) in [5.74, 6) is -0.484. The van der Waals surface area contributed by atoms with Crippen LogP contribution in [-0.2, 0) is 11.3 Å². The summed E-state index contributed by atoms with van der Waals surface area (Å²) in [5.41, 5.74) is 0.572. The molecule has 0 aliphatic carbocycles. The molecule has 0 saturated carbocycles. The molecule has 2 aromatic rings. The molecule has 0 spiro atoms. The topological polar surface area (TPSA) is 151 Å². The second-order valence-electron chi connectivity index (χ2n) is 5.18. The predicted octanol–water partition coefficient (Wildman–Crippen LogP) is 1.03. The van der Waals surface area contributed by atoms with Gasteiger partial charge in [-0.2, -0.15) is 0 Å². The minimum Gasteiger partial charge on any atom is -0.445 e. The van der Waals surface area contributed by atoms with Crippen LogP contribution in [0, 0.1) is 10.1 Å². The van der Waals surface area contributed by atoms with Crippen LogP contribution in [0.3, 0.4) is 0 Å². The number of amides is 1. The Morgan fingerprint density at radius 1 is 1.36 bits per heavy atom. The number of ether oxygens (including phenoxy) is 1. The molecule has 2 rings (SSSR count). The van der Waals surface area contributed by atoms with Crippen LogP contribution in [0.1, 0.15) is 23.8 Å². The fourth-order valence-electron chi connectivity index (χ4n) is 2.10. The zero-order chi connectivity index (χ0) is 18.2. The SMILES string of the molecule is O=C(NCCC(O)C(O)c1nc[nH]c1[N+](=O)[O-])OCc1ccccc1. The molecule has 1 aromatic carbocycles. The summed E-state index contributed by atoms with van der Waals surface area (Å²) in [6.07, 6.45) is -2.53. The predicted molar refractivity (Wildman–Crippen MR) is 85.5 cm³/mol. The van der Waals surface area contributed by atoms with Crippen molar-refractivity contribution in [2.75, 3.05) is 6.54 Å². The van der Waals surface area contributed by atoms with E-state index in [1.54, 1.807) is 0 Å². The van der Waals surface area contributed by atoms with Crippen LogP contribution in [0.25, 0.3) is 0 Å². The van der Waals surface area contributed by atoms with Crippen molar-refractivity contribution in [3.63, 3.8) is 0 Å².